The van der Waals surface area contributed by atoms with Gasteiger partial charge in [0.25, 0.3) is 0 Å². The zero-order chi connectivity index (χ0) is 8.77. The number of ether oxygens (including phenoxy) is 1. The van der Waals surface area contributed by atoms with Gasteiger partial charge in [0, 0.05) is 12.1 Å². The smallest absolute Gasteiger partial charge is 0.193 e. The maximum absolute atomic E-state index is 9.27. The lowest BCUT2D eigenvalue weighted by Crippen LogP contribution is -2.14. The highest BCUT2D eigenvalue weighted by Crippen LogP contribution is 2.32. The average molecular weight is 169 g/mol. The van der Waals surface area contributed by atoms with Gasteiger partial charge in [-0.1, -0.05) is 0 Å². The molecule has 0 bridgehead atoms. The number of hydrogen-bond donors (Lipinski definition) is 2. The highest BCUT2D eigenvalue weighted by molar-refractivity contribution is 5.24. The van der Waals surface area contributed by atoms with Gasteiger partial charge in [-0.3, -0.25) is 4.57 Å². The number of epoxide rings is 1. The van der Waals surface area contributed by atoms with Crippen LogP contribution in [0.15, 0.2) is 12.1 Å². The lowest BCUT2D eigenvalue weighted by Gasteiger charge is -2.08. The van der Waals surface area contributed by atoms with E-state index in [0.717, 1.165) is 0 Å². The van der Waals surface area contributed by atoms with Crippen molar-refractivity contribution in [3.63, 3.8) is 0 Å². The highest BCUT2D eigenvalue weighted by atomic mass is 16.6. The van der Waals surface area contributed by atoms with Crippen molar-refractivity contribution in [2.75, 3.05) is 6.61 Å². The van der Waals surface area contributed by atoms with Gasteiger partial charge in [-0.15, -0.1) is 0 Å². The molecule has 0 amide bonds. The van der Waals surface area contributed by atoms with Crippen LogP contribution in [-0.4, -0.2) is 27.0 Å². The second-order valence-corrected chi connectivity index (χ2v) is 3.37. The third-order valence-electron chi connectivity index (χ3n) is 2.06. The Hall–Kier alpha value is -1.16. The van der Waals surface area contributed by atoms with Gasteiger partial charge in [0.1, 0.15) is 5.60 Å². The zero-order valence-electron chi connectivity index (χ0n) is 6.82. The van der Waals surface area contributed by atoms with Gasteiger partial charge < -0.3 is 14.9 Å². The minimum absolute atomic E-state index is 0.0734. The second kappa shape index (κ2) is 2.17. The number of aromatic hydroxyl groups is 2. The molecule has 2 rings (SSSR count). The van der Waals surface area contributed by atoms with Crippen molar-refractivity contribution in [2.24, 2.45) is 0 Å². The Labute approximate surface area is 70.0 Å². The van der Waals surface area contributed by atoms with E-state index in [0.29, 0.717) is 13.2 Å². The van der Waals surface area contributed by atoms with E-state index < -0.39 is 0 Å². The molecule has 4 heteroatoms. The molecule has 2 N–H and O–H groups in total. The molecule has 0 spiro atoms. The fourth-order valence-corrected chi connectivity index (χ4v) is 1.16. The molecular formula is C8H11NO3. The van der Waals surface area contributed by atoms with Gasteiger partial charge in [-0.05, 0) is 6.92 Å². The Balaban J connectivity index is 2.21. The van der Waals surface area contributed by atoms with E-state index in [1.807, 2.05) is 6.92 Å². The Morgan fingerprint density at radius 3 is 2.42 bits per heavy atom. The molecule has 1 atom stereocenters. The van der Waals surface area contributed by atoms with Crippen LogP contribution in [0.25, 0.3) is 0 Å². The van der Waals surface area contributed by atoms with E-state index in [1.54, 1.807) is 0 Å². The van der Waals surface area contributed by atoms with Crippen molar-refractivity contribution in [1.82, 2.24) is 4.57 Å². The van der Waals surface area contributed by atoms with Crippen LogP contribution in [0.1, 0.15) is 6.92 Å². The first kappa shape index (κ1) is 7.49. The van der Waals surface area contributed by atoms with Crippen LogP contribution in [0.4, 0.5) is 0 Å². The normalized spacial score (nSPS) is 27.4. The topological polar surface area (TPSA) is 57.9 Å². The SMILES string of the molecule is CC1(Cn2c(O)ccc2O)CO1. The lowest BCUT2D eigenvalue weighted by molar-refractivity contribution is 0.267. The minimum atomic E-state index is -0.200. The maximum Gasteiger partial charge on any atom is 0.193 e. The summed E-state index contributed by atoms with van der Waals surface area (Å²) in [6, 6.07) is 2.92. The Morgan fingerprint density at radius 1 is 1.50 bits per heavy atom. The largest absolute Gasteiger partial charge is 0.494 e. The molecule has 0 aliphatic carbocycles. The van der Waals surface area contributed by atoms with Gasteiger partial charge in [0.05, 0.1) is 13.2 Å². The standard InChI is InChI=1S/C8H11NO3/c1-8(5-12-8)4-9-6(10)2-3-7(9)11/h2-3,10-11H,4-5H2,1H3. The summed E-state index contributed by atoms with van der Waals surface area (Å²) in [6.07, 6.45) is 0. The molecular weight excluding hydrogens is 158 g/mol. The van der Waals surface area contributed by atoms with E-state index >= 15 is 0 Å². The number of nitrogens with zero attached hydrogens (tertiary/aromatic N) is 1. The first-order chi connectivity index (χ1) is 5.61. The van der Waals surface area contributed by atoms with Crippen molar-refractivity contribution in [3.05, 3.63) is 12.1 Å². The van der Waals surface area contributed by atoms with E-state index in [2.05, 4.69) is 0 Å². The first-order valence-corrected chi connectivity index (χ1v) is 3.82. The second-order valence-electron chi connectivity index (χ2n) is 3.37. The molecule has 0 aromatic carbocycles. The molecule has 12 heavy (non-hydrogen) atoms. The predicted molar refractivity (Wildman–Crippen MR) is 42.1 cm³/mol. The molecule has 66 valence electrons. The van der Waals surface area contributed by atoms with Crippen molar-refractivity contribution < 1.29 is 14.9 Å². The van der Waals surface area contributed by atoms with Crippen LogP contribution in [0.2, 0.25) is 0 Å². The van der Waals surface area contributed by atoms with Crippen molar-refractivity contribution in [3.8, 4) is 11.8 Å². The Kier molecular flexibility index (Phi) is 1.35. The fourth-order valence-electron chi connectivity index (χ4n) is 1.16. The van der Waals surface area contributed by atoms with Gasteiger partial charge in [0.15, 0.2) is 11.8 Å². The van der Waals surface area contributed by atoms with E-state index in [9.17, 15) is 10.2 Å². The van der Waals surface area contributed by atoms with Crippen LogP contribution in [0, 0.1) is 0 Å². The number of rotatable bonds is 2. The monoisotopic (exact) mass is 169 g/mol. The van der Waals surface area contributed by atoms with Crippen LogP contribution >= 0.6 is 0 Å². The van der Waals surface area contributed by atoms with Gasteiger partial charge in [-0.2, -0.15) is 0 Å². The summed E-state index contributed by atoms with van der Waals surface area (Å²) < 4.78 is 6.56. The number of hydrogen-bond acceptors (Lipinski definition) is 3. The summed E-state index contributed by atoms with van der Waals surface area (Å²) in [7, 11) is 0. The minimum Gasteiger partial charge on any atom is -0.494 e. The van der Waals surface area contributed by atoms with E-state index in [1.165, 1.54) is 16.7 Å². The molecule has 1 aromatic rings. The molecule has 1 aliphatic rings. The average Bonchev–Trinajstić information content (AvgIpc) is 2.67. The summed E-state index contributed by atoms with van der Waals surface area (Å²) in [6.45, 7) is 3.12. The predicted octanol–water partition coefficient (Wildman–Crippen LogP) is 0.688. The molecule has 1 aromatic heterocycles. The van der Waals surface area contributed by atoms with Crippen LogP contribution < -0.4 is 0 Å². The number of aromatic nitrogens is 1. The maximum atomic E-state index is 9.27. The molecule has 1 unspecified atom stereocenters. The molecule has 0 saturated carbocycles. The molecule has 2 heterocycles. The molecule has 1 saturated heterocycles. The molecule has 0 radical (unpaired) electrons. The molecule has 1 aliphatic heterocycles. The van der Waals surface area contributed by atoms with E-state index in [-0.39, 0.29) is 17.4 Å². The fraction of sp³-hybridized carbons (Fsp3) is 0.500. The van der Waals surface area contributed by atoms with Crippen molar-refractivity contribution >= 4 is 0 Å². The van der Waals surface area contributed by atoms with Gasteiger partial charge in [-0.25, -0.2) is 0 Å². The summed E-state index contributed by atoms with van der Waals surface area (Å²) in [4.78, 5) is 0. The van der Waals surface area contributed by atoms with Crippen molar-refractivity contribution in [2.45, 2.75) is 19.1 Å². The third kappa shape index (κ3) is 1.14. The lowest BCUT2D eigenvalue weighted by atomic mass is 10.2. The first-order valence-electron chi connectivity index (χ1n) is 3.82. The van der Waals surface area contributed by atoms with Crippen LogP contribution in [0.3, 0.4) is 0 Å². The van der Waals surface area contributed by atoms with Crippen LogP contribution in [0.5, 0.6) is 11.8 Å². The highest BCUT2D eigenvalue weighted by Gasteiger charge is 2.40. The summed E-state index contributed by atoms with van der Waals surface area (Å²) in [5.74, 6) is 0.147. The third-order valence-corrected chi connectivity index (χ3v) is 2.06. The Bertz CT molecular complexity index is 282. The molecule has 4 nitrogen and oxygen atoms in total. The van der Waals surface area contributed by atoms with Crippen molar-refractivity contribution in [1.29, 1.82) is 0 Å². The summed E-state index contributed by atoms with van der Waals surface area (Å²) in [5, 5.41) is 18.5. The summed E-state index contributed by atoms with van der Waals surface area (Å²) >= 11 is 0. The van der Waals surface area contributed by atoms with E-state index in [4.69, 9.17) is 4.74 Å². The quantitative estimate of drug-likeness (QED) is 0.640. The Morgan fingerprint density at radius 2 is 2.00 bits per heavy atom. The van der Waals surface area contributed by atoms with Gasteiger partial charge in [0.2, 0.25) is 0 Å². The molecule has 1 fully saturated rings. The summed E-state index contributed by atoms with van der Waals surface area (Å²) in [5.41, 5.74) is -0.200. The van der Waals surface area contributed by atoms with Crippen LogP contribution in [-0.2, 0) is 11.3 Å². The zero-order valence-corrected chi connectivity index (χ0v) is 6.82. The van der Waals surface area contributed by atoms with Gasteiger partial charge >= 0.3 is 0 Å².